The van der Waals surface area contributed by atoms with Crippen molar-refractivity contribution in [3.05, 3.63) is 204 Å². The molecule has 0 fully saturated rings. The summed E-state index contributed by atoms with van der Waals surface area (Å²) in [4.78, 5) is 0. The van der Waals surface area contributed by atoms with Crippen molar-refractivity contribution < 1.29 is 0 Å². The third kappa shape index (κ3) is 11.9. The molecule has 0 atom stereocenters. The van der Waals surface area contributed by atoms with Crippen LogP contribution in [0.1, 0.15) is 35.1 Å². The summed E-state index contributed by atoms with van der Waals surface area (Å²) in [5, 5.41) is 13.5. The van der Waals surface area contributed by atoms with Crippen molar-refractivity contribution in [2.24, 2.45) is 10.2 Å². The van der Waals surface area contributed by atoms with E-state index in [4.69, 9.17) is 5.10 Å². The van der Waals surface area contributed by atoms with E-state index in [1.807, 2.05) is 72.0 Å². The third-order valence-electron chi connectivity index (χ3n) is 7.67. The van der Waals surface area contributed by atoms with Crippen LogP contribution < -0.4 is 5.01 Å². The van der Waals surface area contributed by atoms with Crippen LogP contribution in [0.5, 0.6) is 0 Å². The highest BCUT2D eigenvalue weighted by Crippen LogP contribution is 2.25. The van der Waals surface area contributed by atoms with E-state index >= 15 is 0 Å². The molecule has 0 aliphatic carbocycles. The third-order valence-corrected chi connectivity index (χ3v) is 7.67. The topological polar surface area (TPSA) is 31.2 Å². The molecule has 240 valence electrons. The number of nitrogens with zero attached hydrogens (tertiary/aromatic N) is 4. The van der Waals surface area contributed by atoms with Crippen LogP contribution >= 0.6 is 0 Å². The molecule has 0 bridgehead atoms. The zero-order chi connectivity index (χ0) is 32.9. The van der Waals surface area contributed by atoms with E-state index in [2.05, 4.69) is 138 Å². The number of anilines is 2. The Bertz CT molecular complexity index is 1660. The molecule has 48 heavy (non-hydrogen) atoms. The number of rotatable bonds is 14. The number of hydrogen-bond acceptors (Lipinski definition) is 4. The van der Waals surface area contributed by atoms with E-state index in [0.29, 0.717) is 0 Å². The van der Waals surface area contributed by atoms with Crippen LogP contribution in [-0.4, -0.2) is 17.4 Å². The van der Waals surface area contributed by atoms with Crippen molar-refractivity contribution in [2.45, 2.75) is 38.8 Å². The van der Waals surface area contributed by atoms with Gasteiger partial charge >= 0.3 is 0 Å². The van der Waals surface area contributed by atoms with E-state index in [1.54, 1.807) is 0 Å². The number of hydrazone groups is 2. The summed E-state index contributed by atoms with van der Waals surface area (Å²) in [7, 11) is 0. The summed E-state index contributed by atoms with van der Waals surface area (Å²) >= 11 is 0. The van der Waals surface area contributed by atoms with E-state index in [0.717, 1.165) is 50.1 Å². The van der Waals surface area contributed by atoms with Gasteiger partial charge in [0.05, 0.1) is 24.5 Å². The number of benzene rings is 6. The second-order valence-electron chi connectivity index (χ2n) is 11.4. The SMILES string of the molecule is C(/CCc1ccccc1)=N/N(c1ccccc1)c1ccccc1.C(/CCc1ccccc1)=N\N(Cc1ccccc1)Cc1ccccc1. The first-order valence-electron chi connectivity index (χ1n) is 16.7. The fraction of sp³-hybridized carbons (Fsp3) is 0.136. The Balaban J connectivity index is 0.000000188. The number of aryl methyl sites for hydroxylation is 2. The first-order chi connectivity index (χ1) is 23.8. The van der Waals surface area contributed by atoms with Crippen LogP contribution in [-0.2, 0) is 25.9 Å². The second kappa shape index (κ2) is 19.7. The summed E-state index contributed by atoms with van der Waals surface area (Å²) in [5.74, 6) is 0. The van der Waals surface area contributed by atoms with Gasteiger partial charge in [0, 0.05) is 12.4 Å². The van der Waals surface area contributed by atoms with Crippen molar-refractivity contribution in [3.8, 4) is 0 Å². The zero-order valence-electron chi connectivity index (χ0n) is 27.5. The quantitative estimate of drug-likeness (QED) is 0.0888. The van der Waals surface area contributed by atoms with Gasteiger partial charge in [-0.15, -0.1) is 0 Å². The van der Waals surface area contributed by atoms with Gasteiger partial charge in [-0.3, -0.25) is 5.01 Å². The smallest absolute Gasteiger partial charge is 0.0652 e. The Morgan fingerprint density at radius 3 is 1.04 bits per heavy atom. The molecule has 4 heteroatoms. The summed E-state index contributed by atoms with van der Waals surface area (Å²) in [6.07, 6.45) is 7.92. The molecule has 0 saturated heterocycles. The molecular weight excluding hydrogens is 585 g/mol. The van der Waals surface area contributed by atoms with Crippen molar-refractivity contribution in [2.75, 3.05) is 5.01 Å². The summed E-state index contributed by atoms with van der Waals surface area (Å²) in [6.45, 7) is 1.63. The maximum absolute atomic E-state index is 4.74. The first-order valence-corrected chi connectivity index (χ1v) is 16.7. The monoisotopic (exact) mass is 628 g/mol. The summed E-state index contributed by atoms with van der Waals surface area (Å²) in [5.41, 5.74) is 7.37. The first kappa shape index (κ1) is 33.6. The molecule has 6 aromatic rings. The maximum atomic E-state index is 4.74. The standard InChI is InChI=1S/C23H24N2.C21H20N2/c1-4-11-21(12-5-1)17-10-18-24-25(19-22-13-6-2-7-14-22)20-23-15-8-3-9-16-23;1-4-11-19(12-5-1)13-10-18-22-23(20-14-6-2-7-15-20)21-16-8-3-9-17-21/h1-9,11-16,18H,10,17,19-20H2;1-9,11-12,14-18H,10,13H2/b24-18+;22-18-. The Labute approximate surface area is 286 Å². The van der Waals surface area contributed by atoms with Crippen LogP contribution in [0.25, 0.3) is 0 Å². The highest BCUT2D eigenvalue weighted by molar-refractivity contribution is 5.68. The van der Waals surface area contributed by atoms with Gasteiger partial charge in [0.15, 0.2) is 0 Å². The average molecular weight is 629 g/mol. The Hall–Kier alpha value is -5.74. The average Bonchev–Trinajstić information content (AvgIpc) is 3.16. The van der Waals surface area contributed by atoms with Crippen LogP contribution in [0.3, 0.4) is 0 Å². The van der Waals surface area contributed by atoms with Crippen molar-refractivity contribution >= 4 is 23.8 Å². The lowest BCUT2D eigenvalue weighted by molar-refractivity contribution is 0.272. The molecule has 0 aromatic heterocycles. The lowest BCUT2D eigenvalue weighted by Crippen LogP contribution is -2.17. The van der Waals surface area contributed by atoms with Gasteiger partial charge in [-0.1, -0.05) is 158 Å². The van der Waals surface area contributed by atoms with Crippen molar-refractivity contribution in [1.82, 2.24) is 5.01 Å². The predicted molar refractivity (Wildman–Crippen MR) is 204 cm³/mol. The van der Waals surface area contributed by atoms with Gasteiger partial charge in [-0.2, -0.15) is 10.2 Å². The minimum absolute atomic E-state index is 0.817. The molecule has 6 rings (SSSR count). The molecule has 0 spiro atoms. The summed E-state index contributed by atoms with van der Waals surface area (Å²) in [6, 6.07) is 62.5. The molecule has 0 saturated carbocycles. The van der Waals surface area contributed by atoms with Gasteiger partial charge in [0.2, 0.25) is 0 Å². The Morgan fingerprint density at radius 1 is 0.354 bits per heavy atom. The molecule has 0 amide bonds. The fourth-order valence-corrected chi connectivity index (χ4v) is 5.21. The fourth-order valence-electron chi connectivity index (χ4n) is 5.21. The molecular formula is C44H44N4. The highest BCUT2D eigenvalue weighted by Gasteiger charge is 2.06. The lowest BCUT2D eigenvalue weighted by Gasteiger charge is -2.19. The van der Waals surface area contributed by atoms with Crippen LogP contribution in [0.2, 0.25) is 0 Å². The molecule has 0 aliphatic heterocycles. The van der Waals surface area contributed by atoms with Crippen LogP contribution in [0.15, 0.2) is 192 Å². The molecule has 4 nitrogen and oxygen atoms in total. The van der Waals surface area contributed by atoms with E-state index in [1.165, 1.54) is 22.3 Å². The van der Waals surface area contributed by atoms with E-state index in [-0.39, 0.29) is 0 Å². The van der Waals surface area contributed by atoms with E-state index < -0.39 is 0 Å². The molecule has 0 unspecified atom stereocenters. The van der Waals surface area contributed by atoms with E-state index in [9.17, 15) is 0 Å². The molecule has 0 heterocycles. The molecule has 0 aliphatic rings. The van der Waals surface area contributed by atoms with Crippen LogP contribution in [0.4, 0.5) is 11.4 Å². The van der Waals surface area contributed by atoms with Gasteiger partial charge < -0.3 is 0 Å². The minimum Gasteiger partial charge on any atom is -0.289 e. The number of para-hydroxylation sites is 2. The van der Waals surface area contributed by atoms with Gasteiger partial charge in [-0.25, -0.2) is 5.01 Å². The lowest BCUT2D eigenvalue weighted by atomic mass is 10.1. The van der Waals surface area contributed by atoms with Crippen LogP contribution in [0, 0.1) is 0 Å². The highest BCUT2D eigenvalue weighted by atomic mass is 15.5. The largest absolute Gasteiger partial charge is 0.289 e. The van der Waals surface area contributed by atoms with Crippen molar-refractivity contribution in [3.63, 3.8) is 0 Å². The summed E-state index contributed by atoms with van der Waals surface area (Å²) < 4.78 is 0. The maximum Gasteiger partial charge on any atom is 0.0652 e. The van der Waals surface area contributed by atoms with Gasteiger partial charge in [0.1, 0.15) is 0 Å². The molecule has 0 radical (unpaired) electrons. The second-order valence-corrected chi connectivity index (χ2v) is 11.4. The molecule has 0 N–H and O–H groups in total. The minimum atomic E-state index is 0.817. The van der Waals surface area contributed by atoms with Gasteiger partial charge in [0.25, 0.3) is 0 Å². The number of hydrogen-bond donors (Lipinski definition) is 0. The van der Waals surface area contributed by atoms with Gasteiger partial charge in [-0.05, 0) is 72.2 Å². The zero-order valence-corrected chi connectivity index (χ0v) is 27.5. The Kier molecular flexibility index (Phi) is 13.8. The van der Waals surface area contributed by atoms with Crippen molar-refractivity contribution in [1.29, 1.82) is 0 Å². The Morgan fingerprint density at radius 2 is 0.667 bits per heavy atom. The predicted octanol–water partition coefficient (Wildman–Crippen LogP) is 10.8. The normalized spacial score (nSPS) is 10.8. The molecule has 6 aromatic carbocycles.